The van der Waals surface area contributed by atoms with Gasteiger partial charge in [-0.15, -0.1) is 0 Å². The smallest absolute Gasteiger partial charge is 0.321 e. The van der Waals surface area contributed by atoms with Gasteiger partial charge in [0.05, 0.1) is 5.92 Å². The largest absolute Gasteiger partial charge is 0.352 e. The minimum absolute atomic E-state index is 0.0289. The zero-order valence-corrected chi connectivity index (χ0v) is 15.6. The van der Waals surface area contributed by atoms with E-state index in [0.29, 0.717) is 6.54 Å². The van der Waals surface area contributed by atoms with Crippen LogP contribution in [0.1, 0.15) is 51.0 Å². The van der Waals surface area contributed by atoms with Crippen LogP contribution in [0.15, 0.2) is 24.3 Å². The second-order valence-electron chi connectivity index (χ2n) is 7.85. The Hall–Kier alpha value is -2.08. The lowest BCUT2D eigenvalue weighted by molar-refractivity contribution is -0.128. The number of rotatable bonds is 4. The van der Waals surface area contributed by atoms with Crippen LogP contribution in [0.4, 0.5) is 10.5 Å². The Labute approximate surface area is 155 Å². The highest BCUT2D eigenvalue weighted by atomic mass is 16.2. The van der Waals surface area contributed by atoms with Gasteiger partial charge in [0.1, 0.15) is 0 Å². The van der Waals surface area contributed by atoms with Crippen LogP contribution in [0, 0.1) is 5.92 Å². The molecular formula is C20H30N4O2. The van der Waals surface area contributed by atoms with Crippen molar-refractivity contribution in [3.05, 3.63) is 29.8 Å². The van der Waals surface area contributed by atoms with Crippen LogP contribution < -0.4 is 16.4 Å². The van der Waals surface area contributed by atoms with Gasteiger partial charge in [-0.3, -0.25) is 4.79 Å². The van der Waals surface area contributed by atoms with E-state index in [4.69, 9.17) is 5.73 Å². The lowest BCUT2D eigenvalue weighted by Crippen LogP contribution is -2.52. The van der Waals surface area contributed by atoms with Crippen LogP contribution in [0.2, 0.25) is 0 Å². The number of likely N-dealkylation sites (tertiary alicyclic amines) is 1. The number of anilines is 1. The van der Waals surface area contributed by atoms with Gasteiger partial charge in [-0.25, -0.2) is 4.79 Å². The monoisotopic (exact) mass is 358 g/mol. The molecular weight excluding hydrogens is 328 g/mol. The third-order valence-electron chi connectivity index (χ3n) is 5.61. The molecule has 3 amide bonds. The van der Waals surface area contributed by atoms with Gasteiger partial charge in [0.15, 0.2) is 0 Å². The van der Waals surface area contributed by atoms with Gasteiger partial charge in [-0.2, -0.15) is 0 Å². The van der Waals surface area contributed by atoms with E-state index in [1.54, 1.807) is 0 Å². The molecule has 1 aromatic rings. The predicted molar refractivity (Wildman–Crippen MR) is 103 cm³/mol. The van der Waals surface area contributed by atoms with E-state index in [0.717, 1.165) is 62.9 Å². The van der Waals surface area contributed by atoms with Gasteiger partial charge in [-0.05, 0) is 50.3 Å². The molecule has 142 valence electrons. The number of urea groups is 1. The van der Waals surface area contributed by atoms with Crippen LogP contribution in [-0.4, -0.2) is 35.5 Å². The lowest BCUT2D eigenvalue weighted by atomic mass is 9.74. The summed E-state index contributed by atoms with van der Waals surface area (Å²) in [6.07, 6.45) is 6.04. The van der Waals surface area contributed by atoms with Crippen molar-refractivity contribution in [2.45, 2.75) is 57.5 Å². The number of nitrogens with one attached hydrogen (secondary N) is 2. The van der Waals surface area contributed by atoms with E-state index in [1.165, 1.54) is 0 Å². The first-order chi connectivity index (χ1) is 12.5. The van der Waals surface area contributed by atoms with Gasteiger partial charge in [0, 0.05) is 30.9 Å². The Balaban J connectivity index is 1.55. The van der Waals surface area contributed by atoms with Gasteiger partial charge < -0.3 is 21.3 Å². The molecule has 0 bridgehead atoms. The van der Waals surface area contributed by atoms with Gasteiger partial charge >= 0.3 is 6.03 Å². The quantitative estimate of drug-likeness (QED) is 0.773. The Morgan fingerprint density at radius 2 is 2.00 bits per heavy atom. The molecule has 4 N–H and O–H groups in total. The summed E-state index contributed by atoms with van der Waals surface area (Å²) in [5, 5.41) is 5.96. The molecule has 3 rings (SSSR count). The minimum atomic E-state index is -0.423. The highest BCUT2D eigenvalue weighted by Crippen LogP contribution is 2.31. The second kappa shape index (κ2) is 8.08. The van der Waals surface area contributed by atoms with Crippen molar-refractivity contribution in [3.63, 3.8) is 0 Å². The Kier molecular flexibility index (Phi) is 5.81. The Morgan fingerprint density at radius 3 is 2.73 bits per heavy atom. The van der Waals surface area contributed by atoms with Crippen LogP contribution in [0.25, 0.3) is 0 Å². The van der Waals surface area contributed by atoms with Crippen molar-refractivity contribution in [1.29, 1.82) is 0 Å². The highest BCUT2D eigenvalue weighted by molar-refractivity contribution is 5.89. The van der Waals surface area contributed by atoms with E-state index in [-0.39, 0.29) is 17.9 Å². The van der Waals surface area contributed by atoms with Crippen molar-refractivity contribution in [2.24, 2.45) is 11.7 Å². The molecule has 2 aliphatic rings. The van der Waals surface area contributed by atoms with E-state index in [2.05, 4.69) is 10.6 Å². The number of hydrogen-bond acceptors (Lipinski definition) is 3. The molecule has 0 spiro atoms. The molecule has 0 aromatic heterocycles. The Morgan fingerprint density at radius 1 is 1.23 bits per heavy atom. The standard InChI is InChI=1S/C20H30N4O2/c1-20(21)10-3-2-9-17(20)18(25)22-14-15-7-6-8-16(13-15)23-19(26)24-11-4-5-12-24/h6-8,13,17H,2-5,9-12,14,21H2,1H3,(H,22,25)(H,23,26). The molecule has 1 aliphatic carbocycles. The average molecular weight is 358 g/mol. The summed E-state index contributed by atoms with van der Waals surface area (Å²) in [6, 6.07) is 7.58. The predicted octanol–water partition coefficient (Wildman–Crippen LogP) is 2.84. The van der Waals surface area contributed by atoms with Crippen molar-refractivity contribution in [3.8, 4) is 0 Å². The molecule has 26 heavy (non-hydrogen) atoms. The average Bonchev–Trinajstić information content (AvgIpc) is 3.14. The SMILES string of the molecule is CC1(N)CCCCC1C(=O)NCc1cccc(NC(=O)N2CCCC2)c1. The van der Waals surface area contributed by atoms with E-state index in [1.807, 2.05) is 36.1 Å². The molecule has 2 atom stereocenters. The number of benzene rings is 1. The van der Waals surface area contributed by atoms with Crippen molar-refractivity contribution < 1.29 is 9.59 Å². The summed E-state index contributed by atoms with van der Waals surface area (Å²) in [5.41, 5.74) is 7.62. The van der Waals surface area contributed by atoms with Crippen LogP contribution in [-0.2, 0) is 11.3 Å². The first-order valence-corrected chi connectivity index (χ1v) is 9.67. The fraction of sp³-hybridized carbons (Fsp3) is 0.600. The molecule has 0 radical (unpaired) electrons. The number of amides is 3. The van der Waals surface area contributed by atoms with E-state index in [9.17, 15) is 9.59 Å². The highest BCUT2D eigenvalue weighted by Gasteiger charge is 2.37. The molecule has 1 aliphatic heterocycles. The molecule has 6 nitrogen and oxygen atoms in total. The maximum absolute atomic E-state index is 12.6. The van der Waals surface area contributed by atoms with Gasteiger partial charge in [0.25, 0.3) is 0 Å². The number of carbonyl (C=O) groups excluding carboxylic acids is 2. The first-order valence-electron chi connectivity index (χ1n) is 9.67. The van der Waals surface area contributed by atoms with Crippen LogP contribution >= 0.6 is 0 Å². The summed E-state index contributed by atoms with van der Waals surface area (Å²) in [5.74, 6) is -0.101. The maximum atomic E-state index is 12.6. The number of hydrogen-bond donors (Lipinski definition) is 3. The van der Waals surface area contributed by atoms with Crippen molar-refractivity contribution in [1.82, 2.24) is 10.2 Å². The first kappa shape index (κ1) is 18.7. The third-order valence-corrected chi connectivity index (χ3v) is 5.61. The summed E-state index contributed by atoms with van der Waals surface area (Å²) in [7, 11) is 0. The summed E-state index contributed by atoms with van der Waals surface area (Å²) >= 11 is 0. The van der Waals surface area contributed by atoms with Crippen molar-refractivity contribution >= 4 is 17.6 Å². The number of carbonyl (C=O) groups is 2. The number of nitrogens with two attached hydrogens (primary N) is 1. The fourth-order valence-corrected chi connectivity index (χ4v) is 3.98. The summed E-state index contributed by atoms with van der Waals surface area (Å²) < 4.78 is 0. The third kappa shape index (κ3) is 4.55. The van der Waals surface area contributed by atoms with Gasteiger partial charge in [-0.1, -0.05) is 25.0 Å². The fourth-order valence-electron chi connectivity index (χ4n) is 3.98. The van der Waals surface area contributed by atoms with Gasteiger partial charge in [0.2, 0.25) is 5.91 Å². The van der Waals surface area contributed by atoms with E-state index >= 15 is 0 Å². The summed E-state index contributed by atoms with van der Waals surface area (Å²) in [4.78, 5) is 26.6. The zero-order valence-electron chi connectivity index (χ0n) is 15.6. The normalized spacial score (nSPS) is 25.8. The topological polar surface area (TPSA) is 87.5 Å². The Bertz CT molecular complexity index is 653. The van der Waals surface area contributed by atoms with Crippen LogP contribution in [0.3, 0.4) is 0 Å². The molecule has 6 heteroatoms. The van der Waals surface area contributed by atoms with E-state index < -0.39 is 5.54 Å². The maximum Gasteiger partial charge on any atom is 0.321 e. The molecule has 1 saturated heterocycles. The number of nitrogens with zero attached hydrogens (tertiary/aromatic N) is 1. The molecule has 1 aromatic carbocycles. The minimum Gasteiger partial charge on any atom is -0.352 e. The molecule has 1 heterocycles. The summed E-state index contributed by atoms with van der Waals surface area (Å²) in [6.45, 7) is 4.06. The molecule has 2 fully saturated rings. The van der Waals surface area contributed by atoms with Crippen molar-refractivity contribution in [2.75, 3.05) is 18.4 Å². The lowest BCUT2D eigenvalue weighted by Gasteiger charge is -2.37. The molecule has 1 saturated carbocycles. The second-order valence-corrected chi connectivity index (χ2v) is 7.85. The van der Waals surface area contributed by atoms with Crippen LogP contribution in [0.5, 0.6) is 0 Å². The zero-order chi connectivity index (χ0) is 18.6. The molecule has 2 unspecified atom stereocenters.